The van der Waals surface area contributed by atoms with E-state index in [-0.39, 0.29) is 17.3 Å². The fourth-order valence-electron chi connectivity index (χ4n) is 3.52. The van der Waals surface area contributed by atoms with Gasteiger partial charge in [-0.2, -0.15) is 4.31 Å². The summed E-state index contributed by atoms with van der Waals surface area (Å²) in [6.45, 7) is 1.28. The lowest BCUT2D eigenvalue weighted by Crippen LogP contribution is -2.58. The molecule has 1 aliphatic rings. The van der Waals surface area contributed by atoms with Gasteiger partial charge in [0.05, 0.1) is 4.90 Å². The molecular weight excluding hydrogens is 386 g/mol. The quantitative estimate of drug-likeness (QED) is 0.677. The smallest absolute Gasteiger partial charge is 0.243 e. The van der Waals surface area contributed by atoms with E-state index in [1.165, 1.54) is 4.31 Å². The first kappa shape index (κ1) is 19.6. The van der Waals surface area contributed by atoms with Gasteiger partial charge in [-0.1, -0.05) is 54.6 Å². The van der Waals surface area contributed by atoms with E-state index >= 15 is 0 Å². The molecule has 7 heteroatoms. The van der Waals surface area contributed by atoms with Crippen molar-refractivity contribution in [1.29, 1.82) is 0 Å². The van der Waals surface area contributed by atoms with Gasteiger partial charge in [-0.3, -0.25) is 4.79 Å². The Morgan fingerprint density at radius 1 is 1.00 bits per heavy atom. The number of rotatable bonds is 5. The zero-order valence-electron chi connectivity index (χ0n) is 15.9. The average Bonchev–Trinajstić information content (AvgIpc) is 2.78. The van der Waals surface area contributed by atoms with E-state index in [0.29, 0.717) is 19.6 Å². The summed E-state index contributed by atoms with van der Waals surface area (Å²) in [7, 11) is -3.61. The van der Waals surface area contributed by atoms with Gasteiger partial charge in [-0.05, 0) is 34.5 Å². The van der Waals surface area contributed by atoms with Gasteiger partial charge < -0.3 is 10.6 Å². The van der Waals surface area contributed by atoms with Gasteiger partial charge in [0.2, 0.25) is 15.9 Å². The van der Waals surface area contributed by atoms with E-state index in [1.54, 1.807) is 30.3 Å². The monoisotopic (exact) mass is 409 g/mol. The third kappa shape index (κ3) is 4.32. The lowest BCUT2D eigenvalue weighted by Gasteiger charge is -2.32. The van der Waals surface area contributed by atoms with Crippen LogP contribution in [-0.4, -0.2) is 44.3 Å². The van der Waals surface area contributed by atoms with Crippen LogP contribution >= 0.6 is 0 Å². The maximum atomic E-state index is 12.8. The molecule has 1 aliphatic heterocycles. The fourth-order valence-corrected chi connectivity index (χ4v) is 5.00. The topological polar surface area (TPSA) is 78.5 Å². The van der Waals surface area contributed by atoms with Crippen LogP contribution in [0.5, 0.6) is 0 Å². The number of amides is 1. The SMILES string of the molecule is O=C(NCc1ccc2ccccc2c1)C1CN(S(=O)(=O)c2ccccc2)CCN1. The Balaban J connectivity index is 1.40. The van der Waals surface area contributed by atoms with Crippen molar-refractivity contribution in [2.75, 3.05) is 19.6 Å². The van der Waals surface area contributed by atoms with Crippen LogP contribution in [0.25, 0.3) is 10.8 Å². The highest BCUT2D eigenvalue weighted by molar-refractivity contribution is 7.89. The summed E-state index contributed by atoms with van der Waals surface area (Å²) in [4.78, 5) is 12.9. The molecule has 1 atom stereocenters. The Morgan fingerprint density at radius 2 is 1.72 bits per heavy atom. The summed E-state index contributed by atoms with van der Waals surface area (Å²) in [5.41, 5.74) is 1.00. The molecule has 3 aromatic rings. The van der Waals surface area contributed by atoms with E-state index in [9.17, 15) is 13.2 Å². The molecule has 150 valence electrons. The van der Waals surface area contributed by atoms with Crippen LogP contribution in [0, 0.1) is 0 Å². The van der Waals surface area contributed by atoms with E-state index < -0.39 is 16.1 Å². The van der Waals surface area contributed by atoms with Crippen LogP contribution < -0.4 is 10.6 Å². The predicted octanol–water partition coefficient (Wildman–Crippen LogP) is 2.12. The molecule has 1 heterocycles. The number of nitrogens with one attached hydrogen (secondary N) is 2. The van der Waals surface area contributed by atoms with Crippen LogP contribution in [-0.2, 0) is 21.4 Å². The van der Waals surface area contributed by atoms with Crippen molar-refractivity contribution in [2.45, 2.75) is 17.5 Å². The highest BCUT2D eigenvalue weighted by Gasteiger charge is 2.32. The van der Waals surface area contributed by atoms with Crippen molar-refractivity contribution in [2.24, 2.45) is 0 Å². The van der Waals surface area contributed by atoms with Gasteiger partial charge in [-0.15, -0.1) is 0 Å². The van der Waals surface area contributed by atoms with Crippen molar-refractivity contribution in [3.63, 3.8) is 0 Å². The minimum absolute atomic E-state index is 0.112. The molecule has 1 amide bonds. The summed E-state index contributed by atoms with van der Waals surface area (Å²) in [5.74, 6) is -0.203. The number of sulfonamides is 1. The molecule has 29 heavy (non-hydrogen) atoms. The Bertz CT molecular complexity index is 1120. The molecule has 0 aromatic heterocycles. The van der Waals surface area contributed by atoms with Crippen molar-refractivity contribution in [3.05, 3.63) is 78.4 Å². The van der Waals surface area contributed by atoms with Crippen molar-refractivity contribution < 1.29 is 13.2 Å². The molecular formula is C22H23N3O3S. The third-order valence-corrected chi connectivity index (χ3v) is 7.00. The van der Waals surface area contributed by atoms with Gasteiger partial charge in [-0.25, -0.2) is 8.42 Å². The second-order valence-corrected chi connectivity index (χ2v) is 9.02. The zero-order valence-corrected chi connectivity index (χ0v) is 16.7. The van der Waals surface area contributed by atoms with Crippen LogP contribution in [0.15, 0.2) is 77.7 Å². The second-order valence-electron chi connectivity index (χ2n) is 7.08. The van der Waals surface area contributed by atoms with Crippen molar-refractivity contribution in [1.82, 2.24) is 14.9 Å². The van der Waals surface area contributed by atoms with Gasteiger partial charge >= 0.3 is 0 Å². The minimum atomic E-state index is -3.61. The number of benzene rings is 3. The fraction of sp³-hybridized carbons (Fsp3) is 0.227. The Kier molecular flexibility index (Phi) is 5.62. The number of carbonyl (C=O) groups excluding carboxylic acids is 1. The largest absolute Gasteiger partial charge is 0.351 e. The highest BCUT2D eigenvalue weighted by Crippen LogP contribution is 2.18. The number of hydrogen-bond donors (Lipinski definition) is 2. The van der Waals surface area contributed by atoms with Gasteiger partial charge in [0.15, 0.2) is 0 Å². The summed E-state index contributed by atoms with van der Waals surface area (Å²) in [5, 5.41) is 8.31. The van der Waals surface area contributed by atoms with Crippen LogP contribution in [0.2, 0.25) is 0 Å². The van der Waals surface area contributed by atoms with Gasteiger partial charge in [0.25, 0.3) is 0 Å². The van der Waals surface area contributed by atoms with E-state index in [4.69, 9.17) is 0 Å². The van der Waals surface area contributed by atoms with Crippen molar-refractivity contribution in [3.8, 4) is 0 Å². The van der Waals surface area contributed by atoms with Crippen molar-refractivity contribution >= 4 is 26.7 Å². The number of fused-ring (bicyclic) bond motifs is 1. The Morgan fingerprint density at radius 3 is 2.52 bits per heavy atom. The van der Waals surface area contributed by atoms with E-state index in [0.717, 1.165) is 16.3 Å². The second kappa shape index (κ2) is 8.32. The number of carbonyl (C=O) groups is 1. The standard InChI is InChI=1S/C22H23N3O3S/c26-22(24-15-17-10-11-18-6-4-5-7-19(18)14-17)21-16-25(13-12-23-21)29(27,28)20-8-2-1-3-9-20/h1-11,14,21,23H,12-13,15-16H2,(H,24,26). The lowest BCUT2D eigenvalue weighted by molar-refractivity contribution is -0.123. The summed E-state index contributed by atoms with van der Waals surface area (Å²) < 4.78 is 27.0. The molecule has 1 unspecified atom stereocenters. The number of hydrogen-bond acceptors (Lipinski definition) is 4. The van der Waals surface area contributed by atoms with Crippen LogP contribution in [0.3, 0.4) is 0 Å². The van der Waals surface area contributed by atoms with Crippen LogP contribution in [0.1, 0.15) is 5.56 Å². The van der Waals surface area contributed by atoms with E-state index in [2.05, 4.69) is 16.7 Å². The first-order valence-corrected chi connectivity index (χ1v) is 11.0. The summed E-state index contributed by atoms with van der Waals surface area (Å²) >= 11 is 0. The molecule has 4 rings (SSSR count). The molecule has 0 saturated carbocycles. The molecule has 2 N–H and O–H groups in total. The van der Waals surface area contributed by atoms with Gasteiger partial charge in [0, 0.05) is 26.2 Å². The minimum Gasteiger partial charge on any atom is -0.351 e. The number of piperazine rings is 1. The summed E-state index contributed by atoms with van der Waals surface area (Å²) in [6, 6.07) is 21.9. The molecule has 6 nitrogen and oxygen atoms in total. The first-order valence-electron chi connectivity index (χ1n) is 9.58. The predicted molar refractivity (Wildman–Crippen MR) is 113 cm³/mol. The molecule has 0 aliphatic carbocycles. The van der Waals surface area contributed by atoms with Gasteiger partial charge in [0.1, 0.15) is 6.04 Å². The lowest BCUT2D eigenvalue weighted by atomic mass is 10.1. The van der Waals surface area contributed by atoms with E-state index in [1.807, 2.05) is 36.4 Å². The molecule has 0 bridgehead atoms. The molecule has 0 spiro atoms. The molecule has 0 radical (unpaired) electrons. The maximum absolute atomic E-state index is 12.8. The number of nitrogens with zero attached hydrogens (tertiary/aromatic N) is 1. The Labute approximate surface area is 170 Å². The molecule has 1 fully saturated rings. The highest BCUT2D eigenvalue weighted by atomic mass is 32.2. The average molecular weight is 410 g/mol. The maximum Gasteiger partial charge on any atom is 0.243 e. The zero-order chi connectivity index (χ0) is 20.3. The molecule has 1 saturated heterocycles. The normalized spacial score (nSPS) is 17.9. The summed E-state index contributed by atoms with van der Waals surface area (Å²) in [6.07, 6.45) is 0. The first-order chi connectivity index (χ1) is 14.0. The Hall–Kier alpha value is -2.74. The van der Waals surface area contributed by atoms with Crippen LogP contribution in [0.4, 0.5) is 0 Å². The third-order valence-electron chi connectivity index (χ3n) is 5.12. The molecule has 3 aromatic carbocycles.